The number of benzene rings is 3. The van der Waals surface area contributed by atoms with Gasteiger partial charge >= 0.3 is 0 Å². The highest BCUT2D eigenvalue weighted by Crippen LogP contribution is 2.55. The van der Waals surface area contributed by atoms with Gasteiger partial charge in [0.05, 0.1) is 17.1 Å². The van der Waals surface area contributed by atoms with Crippen LogP contribution in [0.4, 0.5) is 25.8 Å². The fraction of sp³-hybridized carbons (Fsp3) is 0.160. The lowest BCUT2D eigenvalue weighted by molar-refractivity contribution is -0.124. The first-order valence-corrected chi connectivity index (χ1v) is 11.5. The van der Waals surface area contributed by atoms with Gasteiger partial charge in [-0.2, -0.15) is 0 Å². The number of para-hydroxylation sites is 1. The summed E-state index contributed by atoms with van der Waals surface area (Å²) in [5.41, 5.74) is 2.46. The van der Waals surface area contributed by atoms with Crippen LogP contribution in [0.25, 0.3) is 0 Å². The number of thioether (sulfide) groups is 1. The molecular formula is C25H19F2N3O3S. The van der Waals surface area contributed by atoms with Gasteiger partial charge in [-0.1, -0.05) is 30.3 Å². The van der Waals surface area contributed by atoms with Crippen LogP contribution in [0.5, 0.6) is 0 Å². The van der Waals surface area contributed by atoms with Crippen molar-refractivity contribution >= 4 is 46.5 Å². The Morgan fingerprint density at radius 1 is 1.06 bits per heavy atom. The maximum absolute atomic E-state index is 14.0. The average molecular weight is 480 g/mol. The predicted octanol–water partition coefficient (Wildman–Crippen LogP) is 4.19. The van der Waals surface area contributed by atoms with Crippen LogP contribution >= 0.6 is 11.8 Å². The molecule has 5 rings (SSSR count). The largest absolute Gasteiger partial charge is 0.322 e. The Kier molecular flexibility index (Phi) is 5.36. The van der Waals surface area contributed by atoms with Crippen molar-refractivity contribution in [2.75, 3.05) is 27.4 Å². The zero-order chi connectivity index (χ0) is 24.0. The smallest absolute Gasteiger partial charge is 0.269 e. The molecule has 1 unspecified atom stereocenters. The lowest BCUT2D eigenvalue weighted by Crippen LogP contribution is -2.50. The van der Waals surface area contributed by atoms with E-state index in [1.807, 2.05) is 25.1 Å². The monoisotopic (exact) mass is 479 g/mol. The third-order valence-electron chi connectivity index (χ3n) is 5.83. The molecular weight excluding hydrogens is 460 g/mol. The molecule has 0 aliphatic carbocycles. The fourth-order valence-corrected chi connectivity index (χ4v) is 5.76. The maximum atomic E-state index is 14.0. The molecule has 3 amide bonds. The van der Waals surface area contributed by atoms with Crippen LogP contribution in [0.3, 0.4) is 0 Å². The van der Waals surface area contributed by atoms with Gasteiger partial charge in [-0.25, -0.2) is 8.78 Å². The van der Waals surface area contributed by atoms with Gasteiger partial charge in [0.2, 0.25) is 16.7 Å². The molecule has 0 saturated carbocycles. The van der Waals surface area contributed by atoms with Gasteiger partial charge in [-0.05, 0) is 42.8 Å². The van der Waals surface area contributed by atoms with Crippen molar-refractivity contribution in [3.05, 3.63) is 89.5 Å². The molecule has 1 fully saturated rings. The lowest BCUT2D eigenvalue weighted by Gasteiger charge is -2.33. The minimum Gasteiger partial charge on any atom is -0.322 e. The number of anilines is 3. The quantitative estimate of drug-likeness (QED) is 0.609. The summed E-state index contributed by atoms with van der Waals surface area (Å²) in [5.74, 6) is -2.86. The number of nitrogens with one attached hydrogen (secondary N) is 1. The summed E-state index contributed by atoms with van der Waals surface area (Å²) in [7, 11) is 0. The molecule has 6 nitrogen and oxygen atoms in total. The molecule has 1 saturated heterocycles. The van der Waals surface area contributed by atoms with Gasteiger partial charge < -0.3 is 5.32 Å². The van der Waals surface area contributed by atoms with Crippen LogP contribution in [0.15, 0.2) is 66.7 Å². The Bertz CT molecular complexity index is 1350. The summed E-state index contributed by atoms with van der Waals surface area (Å²) in [6.45, 7) is 1.50. The molecule has 34 heavy (non-hydrogen) atoms. The van der Waals surface area contributed by atoms with E-state index in [1.165, 1.54) is 21.6 Å². The number of nitrogens with zero attached hydrogens (tertiary/aromatic N) is 2. The van der Waals surface area contributed by atoms with Gasteiger partial charge in [-0.3, -0.25) is 24.2 Å². The lowest BCUT2D eigenvalue weighted by atomic mass is 10.0. The molecule has 1 spiro atoms. The molecule has 3 aromatic rings. The number of carbonyl (C=O) groups is 3. The molecule has 2 heterocycles. The second-order valence-electron chi connectivity index (χ2n) is 8.08. The molecule has 3 aromatic carbocycles. The van der Waals surface area contributed by atoms with Gasteiger partial charge in [0.1, 0.15) is 18.2 Å². The molecule has 0 aromatic heterocycles. The van der Waals surface area contributed by atoms with Gasteiger partial charge in [0.25, 0.3) is 5.91 Å². The number of carbonyl (C=O) groups excluding carboxylic acids is 3. The van der Waals surface area contributed by atoms with Gasteiger partial charge in [0.15, 0.2) is 0 Å². The van der Waals surface area contributed by atoms with Crippen LogP contribution in [-0.4, -0.2) is 30.0 Å². The number of halogens is 2. The van der Waals surface area contributed by atoms with Gasteiger partial charge in [0, 0.05) is 17.3 Å². The van der Waals surface area contributed by atoms with Gasteiger partial charge in [-0.15, -0.1) is 11.8 Å². The van der Waals surface area contributed by atoms with Crippen LogP contribution in [0.2, 0.25) is 0 Å². The fourth-order valence-electron chi connectivity index (χ4n) is 4.40. The first kappa shape index (κ1) is 22.1. The van der Waals surface area contributed by atoms with E-state index < -0.39 is 34.9 Å². The highest BCUT2D eigenvalue weighted by molar-refractivity contribution is 8.02. The zero-order valence-corrected chi connectivity index (χ0v) is 18.9. The van der Waals surface area contributed by atoms with Crippen molar-refractivity contribution in [3.63, 3.8) is 0 Å². The van der Waals surface area contributed by atoms with Crippen molar-refractivity contribution in [2.45, 2.75) is 11.8 Å². The molecule has 1 atom stereocenters. The first-order valence-electron chi connectivity index (χ1n) is 10.5. The molecule has 2 aliphatic heterocycles. The highest BCUT2D eigenvalue weighted by Gasteiger charge is 2.61. The molecule has 9 heteroatoms. The second kappa shape index (κ2) is 8.25. The Morgan fingerprint density at radius 3 is 2.62 bits per heavy atom. The number of aryl methyl sites for hydroxylation is 1. The van der Waals surface area contributed by atoms with Crippen molar-refractivity contribution in [3.8, 4) is 0 Å². The maximum Gasteiger partial charge on any atom is 0.269 e. The van der Waals surface area contributed by atoms with Crippen molar-refractivity contribution in [1.82, 2.24) is 0 Å². The van der Waals surface area contributed by atoms with E-state index in [0.717, 1.165) is 17.7 Å². The summed E-state index contributed by atoms with van der Waals surface area (Å²) < 4.78 is 27.2. The van der Waals surface area contributed by atoms with E-state index >= 15 is 0 Å². The Morgan fingerprint density at radius 2 is 1.85 bits per heavy atom. The van der Waals surface area contributed by atoms with E-state index in [4.69, 9.17) is 0 Å². The topological polar surface area (TPSA) is 69.7 Å². The summed E-state index contributed by atoms with van der Waals surface area (Å²) in [6, 6.07) is 17.2. The molecule has 0 radical (unpaired) electrons. The SMILES string of the molecule is Cc1cccc(N2C(=O)CSC23C(=O)N(CC(=O)Nc2ccc(F)cc2F)c2ccccc23)c1. The Labute approximate surface area is 198 Å². The molecule has 1 N–H and O–H groups in total. The normalized spacial score (nSPS) is 19.1. The molecule has 2 aliphatic rings. The first-order chi connectivity index (χ1) is 16.3. The Hall–Kier alpha value is -3.72. The summed E-state index contributed by atoms with van der Waals surface area (Å²) in [6.07, 6.45) is 0. The average Bonchev–Trinajstić information content (AvgIpc) is 3.27. The van der Waals surface area contributed by atoms with Crippen molar-refractivity contribution < 1.29 is 23.2 Å². The summed E-state index contributed by atoms with van der Waals surface area (Å²) in [4.78, 5) is 41.2. The third kappa shape index (κ3) is 3.43. The van der Waals surface area contributed by atoms with Crippen LogP contribution in [0, 0.1) is 18.6 Å². The minimum atomic E-state index is -1.34. The van der Waals surface area contributed by atoms with Crippen molar-refractivity contribution in [2.24, 2.45) is 0 Å². The minimum absolute atomic E-state index is 0.106. The van der Waals surface area contributed by atoms with E-state index in [0.29, 0.717) is 23.0 Å². The van der Waals surface area contributed by atoms with Crippen molar-refractivity contribution in [1.29, 1.82) is 0 Å². The molecule has 172 valence electrons. The predicted molar refractivity (Wildman–Crippen MR) is 127 cm³/mol. The standard InChI is InChI=1S/C25H19F2N3O3S/c1-15-5-4-6-17(11-15)30-23(32)14-34-25(30)18-7-2-3-8-21(18)29(24(25)33)13-22(31)28-20-10-9-16(26)12-19(20)27/h2-12H,13-14H2,1H3,(H,28,31). The van der Waals surface area contributed by atoms with E-state index in [9.17, 15) is 23.2 Å². The number of hydrogen-bond donors (Lipinski definition) is 1. The van der Waals surface area contributed by atoms with E-state index in [1.54, 1.807) is 30.3 Å². The van der Waals surface area contributed by atoms with E-state index in [-0.39, 0.29) is 17.3 Å². The number of hydrogen-bond acceptors (Lipinski definition) is 4. The summed E-state index contributed by atoms with van der Waals surface area (Å²) >= 11 is 1.21. The Balaban J connectivity index is 1.51. The number of fused-ring (bicyclic) bond motifs is 2. The second-order valence-corrected chi connectivity index (χ2v) is 9.25. The van der Waals surface area contributed by atoms with E-state index in [2.05, 4.69) is 5.32 Å². The zero-order valence-electron chi connectivity index (χ0n) is 18.0. The molecule has 0 bridgehead atoms. The number of amides is 3. The van der Waals surface area contributed by atoms with Crippen LogP contribution < -0.4 is 15.1 Å². The van der Waals surface area contributed by atoms with Crippen LogP contribution in [-0.2, 0) is 19.3 Å². The summed E-state index contributed by atoms with van der Waals surface area (Å²) in [5, 5.41) is 2.39. The number of rotatable bonds is 4. The highest BCUT2D eigenvalue weighted by atomic mass is 32.2. The van der Waals surface area contributed by atoms with Crippen LogP contribution in [0.1, 0.15) is 11.1 Å². The third-order valence-corrected chi connectivity index (χ3v) is 7.22.